The second-order valence-corrected chi connectivity index (χ2v) is 7.41. The Balaban J connectivity index is 1.29. The number of fused-ring (bicyclic) bond motifs is 1. The van der Waals surface area contributed by atoms with Crippen LogP contribution in [0.1, 0.15) is 12.2 Å². The van der Waals surface area contributed by atoms with Crippen molar-refractivity contribution in [2.24, 2.45) is 0 Å². The van der Waals surface area contributed by atoms with Crippen LogP contribution in [0.15, 0.2) is 43.0 Å². The topological polar surface area (TPSA) is 76.5 Å². The minimum Gasteiger partial charge on any atom is -0.471 e. The molecule has 2 saturated heterocycles. The Morgan fingerprint density at radius 3 is 2.69 bits per heavy atom. The summed E-state index contributed by atoms with van der Waals surface area (Å²) < 4.78 is 11.5. The van der Waals surface area contributed by atoms with Crippen LogP contribution in [0.3, 0.4) is 0 Å². The summed E-state index contributed by atoms with van der Waals surface area (Å²) in [6.07, 6.45) is 6.14. The fourth-order valence-corrected chi connectivity index (χ4v) is 3.85. The highest BCUT2D eigenvalue weighted by Gasteiger charge is 2.21. The molecule has 3 aromatic rings. The Hall–Kier alpha value is -2.84. The molecule has 0 bridgehead atoms. The number of aromatic nitrogens is 4. The number of rotatable bonds is 5. The Morgan fingerprint density at radius 1 is 1.03 bits per heavy atom. The van der Waals surface area contributed by atoms with Gasteiger partial charge in [0.05, 0.1) is 30.7 Å². The first-order valence-electron chi connectivity index (χ1n) is 10.1. The molecule has 0 amide bonds. The predicted octanol–water partition coefficient (Wildman–Crippen LogP) is 1.91. The van der Waals surface area contributed by atoms with E-state index in [1.165, 1.54) is 5.69 Å². The third-order valence-corrected chi connectivity index (χ3v) is 5.47. The lowest BCUT2D eigenvalue weighted by atomic mass is 10.2. The normalized spacial score (nSPS) is 20.3. The van der Waals surface area contributed by atoms with E-state index in [-0.39, 0.29) is 6.10 Å². The average Bonchev–Trinajstić information content (AvgIpc) is 3.28. The van der Waals surface area contributed by atoms with Crippen molar-refractivity contribution in [1.29, 1.82) is 0 Å². The molecule has 0 aliphatic carbocycles. The average molecular weight is 392 g/mol. The molecule has 29 heavy (non-hydrogen) atoms. The Kier molecular flexibility index (Phi) is 5.19. The van der Waals surface area contributed by atoms with Crippen LogP contribution in [0.4, 0.5) is 5.69 Å². The third-order valence-electron chi connectivity index (χ3n) is 5.47. The second kappa shape index (κ2) is 8.26. The van der Waals surface area contributed by atoms with Gasteiger partial charge < -0.3 is 14.4 Å². The van der Waals surface area contributed by atoms with Gasteiger partial charge in [0.25, 0.3) is 0 Å². The van der Waals surface area contributed by atoms with Gasteiger partial charge in [-0.1, -0.05) is 0 Å². The summed E-state index contributed by atoms with van der Waals surface area (Å²) in [7, 11) is 0. The maximum absolute atomic E-state index is 6.10. The maximum Gasteiger partial charge on any atom is 0.224 e. The highest BCUT2D eigenvalue weighted by Crippen LogP contribution is 2.28. The smallest absolute Gasteiger partial charge is 0.224 e. The minimum absolute atomic E-state index is 0.0699. The van der Waals surface area contributed by atoms with Crippen molar-refractivity contribution in [2.75, 3.05) is 44.3 Å². The molecule has 0 spiro atoms. The van der Waals surface area contributed by atoms with Crippen molar-refractivity contribution in [3.8, 4) is 5.88 Å². The predicted molar refractivity (Wildman–Crippen MR) is 109 cm³/mol. The summed E-state index contributed by atoms with van der Waals surface area (Å²) in [5, 5.41) is 0.956. The van der Waals surface area contributed by atoms with E-state index in [2.05, 4.69) is 47.9 Å². The molecule has 1 unspecified atom stereocenters. The molecule has 2 aromatic heterocycles. The van der Waals surface area contributed by atoms with Gasteiger partial charge in [0, 0.05) is 50.7 Å². The first-order valence-corrected chi connectivity index (χ1v) is 10.1. The van der Waals surface area contributed by atoms with E-state index < -0.39 is 0 Å². The number of piperazine rings is 1. The molecule has 8 heteroatoms. The van der Waals surface area contributed by atoms with Gasteiger partial charge in [0.15, 0.2) is 0 Å². The Morgan fingerprint density at radius 2 is 1.90 bits per heavy atom. The van der Waals surface area contributed by atoms with Crippen molar-refractivity contribution < 1.29 is 9.47 Å². The first-order chi connectivity index (χ1) is 14.3. The third kappa shape index (κ3) is 4.13. The van der Waals surface area contributed by atoms with E-state index in [1.54, 1.807) is 18.7 Å². The van der Waals surface area contributed by atoms with Gasteiger partial charge in [-0.15, -0.1) is 0 Å². The van der Waals surface area contributed by atoms with Crippen molar-refractivity contribution in [2.45, 2.75) is 19.1 Å². The van der Waals surface area contributed by atoms with Crippen LogP contribution in [-0.4, -0.2) is 70.3 Å². The van der Waals surface area contributed by atoms with Gasteiger partial charge in [-0.25, -0.2) is 19.9 Å². The molecule has 0 radical (unpaired) electrons. The molecule has 4 heterocycles. The standard InChI is InChI=1S/C21H24N6O2/c1-5-22-20(23-6-1)13-26-7-9-27(10-8-26)16-2-3-19-18(12-16)21(25-15-24-19)29-17-4-11-28-14-17/h1-3,5-6,12,15,17H,4,7-11,13-14H2. The minimum atomic E-state index is 0.0699. The van der Waals surface area contributed by atoms with Crippen LogP contribution >= 0.6 is 0 Å². The largest absolute Gasteiger partial charge is 0.471 e. The molecule has 5 rings (SSSR count). The van der Waals surface area contributed by atoms with Crippen LogP contribution in [0.5, 0.6) is 5.88 Å². The lowest BCUT2D eigenvalue weighted by molar-refractivity contribution is 0.139. The highest BCUT2D eigenvalue weighted by atomic mass is 16.5. The first kappa shape index (κ1) is 18.2. The molecule has 0 N–H and O–H groups in total. The van der Waals surface area contributed by atoms with E-state index in [1.807, 2.05) is 6.07 Å². The number of hydrogen-bond donors (Lipinski definition) is 0. The van der Waals surface area contributed by atoms with Crippen molar-refractivity contribution >= 4 is 16.6 Å². The zero-order valence-corrected chi connectivity index (χ0v) is 16.3. The van der Waals surface area contributed by atoms with Gasteiger partial charge in [-0.3, -0.25) is 4.90 Å². The molecule has 150 valence electrons. The molecule has 1 aromatic carbocycles. The van der Waals surface area contributed by atoms with Gasteiger partial charge >= 0.3 is 0 Å². The molecular weight excluding hydrogens is 368 g/mol. The van der Waals surface area contributed by atoms with E-state index in [9.17, 15) is 0 Å². The zero-order valence-electron chi connectivity index (χ0n) is 16.3. The van der Waals surface area contributed by atoms with Gasteiger partial charge in [0.1, 0.15) is 18.3 Å². The van der Waals surface area contributed by atoms with E-state index in [0.29, 0.717) is 12.5 Å². The fourth-order valence-electron chi connectivity index (χ4n) is 3.85. The van der Waals surface area contributed by atoms with E-state index in [4.69, 9.17) is 9.47 Å². The lowest BCUT2D eigenvalue weighted by Gasteiger charge is -2.35. The molecule has 8 nitrogen and oxygen atoms in total. The van der Waals surface area contributed by atoms with Crippen LogP contribution < -0.4 is 9.64 Å². The van der Waals surface area contributed by atoms with Crippen LogP contribution in [0, 0.1) is 0 Å². The summed E-state index contributed by atoms with van der Waals surface area (Å²) in [5.74, 6) is 1.52. The monoisotopic (exact) mass is 392 g/mol. The van der Waals surface area contributed by atoms with Crippen LogP contribution in [0.25, 0.3) is 10.9 Å². The zero-order chi connectivity index (χ0) is 19.5. The second-order valence-electron chi connectivity index (χ2n) is 7.41. The van der Waals surface area contributed by atoms with Crippen molar-refractivity contribution in [1.82, 2.24) is 24.8 Å². The summed E-state index contributed by atoms with van der Waals surface area (Å²) in [6, 6.07) is 8.18. The summed E-state index contributed by atoms with van der Waals surface area (Å²) in [5.41, 5.74) is 2.08. The molecular formula is C21H24N6O2. The Bertz CT molecular complexity index is 956. The maximum atomic E-state index is 6.10. The van der Waals surface area contributed by atoms with E-state index >= 15 is 0 Å². The number of ether oxygens (including phenoxy) is 2. The fraction of sp³-hybridized carbons (Fsp3) is 0.429. The summed E-state index contributed by atoms with van der Waals surface area (Å²) >= 11 is 0. The molecule has 1 atom stereocenters. The van der Waals surface area contributed by atoms with Gasteiger partial charge in [-0.2, -0.15) is 0 Å². The number of nitrogens with zero attached hydrogens (tertiary/aromatic N) is 6. The number of hydrogen-bond acceptors (Lipinski definition) is 8. The van der Waals surface area contributed by atoms with Gasteiger partial charge in [0.2, 0.25) is 5.88 Å². The number of anilines is 1. The van der Waals surface area contributed by atoms with Crippen LogP contribution in [0.2, 0.25) is 0 Å². The quantitative estimate of drug-likeness (QED) is 0.652. The molecule has 2 aliphatic rings. The molecule has 2 fully saturated rings. The summed E-state index contributed by atoms with van der Waals surface area (Å²) in [4.78, 5) is 22.2. The van der Waals surface area contributed by atoms with Crippen LogP contribution in [-0.2, 0) is 11.3 Å². The van der Waals surface area contributed by atoms with Gasteiger partial charge in [-0.05, 0) is 24.3 Å². The molecule has 2 aliphatic heterocycles. The SMILES string of the molecule is c1cnc(CN2CCN(c3ccc4ncnc(OC5CCOC5)c4c3)CC2)nc1. The Labute approximate surface area is 169 Å². The van der Waals surface area contributed by atoms with E-state index in [0.717, 1.165) is 62.5 Å². The lowest BCUT2D eigenvalue weighted by Crippen LogP contribution is -2.46. The highest BCUT2D eigenvalue weighted by molar-refractivity contribution is 5.86. The number of benzene rings is 1. The summed E-state index contributed by atoms with van der Waals surface area (Å²) in [6.45, 7) is 6.03. The molecule has 0 saturated carbocycles. The van der Waals surface area contributed by atoms with Crippen molar-refractivity contribution in [3.05, 3.63) is 48.8 Å². The van der Waals surface area contributed by atoms with Crippen molar-refractivity contribution in [3.63, 3.8) is 0 Å².